The highest BCUT2D eigenvalue weighted by Crippen LogP contribution is 2.38. The second-order valence-corrected chi connectivity index (χ2v) is 8.84. The number of carbonyl (C=O) groups is 2. The van der Waals surface area contributed by atoms with E-state index in [-0.39, 0.29) is 11.8 Å². The van der Waals surface area contributed by atoms with Gasteiger partial charge in [0, 0.05) is 17.8 Å². The highest BCUT2D eigenvalue weighted by atomic mass is 16.2. The first kappa shape index (κ1) is 20.1. The molecule has 2 aromatic rings. The second-order valence-electron chi connectivity index (χ2n) is 8.84. The van der Waals surface area contributed by atoms with Crippen LogP contribution in [0.25, 0.3) is 0 Å². The summed E-state index contributed by atoms with van der Waals surface area (Å²) >= 11 is 0. The lowest BCUT2D eigenvalue weighted by molar-refractivity contribution is -0.145. The minimum Gasteiger partial charge on any atom is -0.351 e. The van der Waals surface area contributed by atoms with E-state index in [9.17, 15) is 9.59 Å². The Morgan fingerprint density at radius 2 is 1.71 bits per heavy atom. The van der Waals surface area contributed by atoms with Crippen LogP contribution in [0.5, 0.6) is 0 Å². The van der Waals surface area contributed by atoms with E-state index in [0.29, 0.717) is 19.4 Å². The van der Waals surface area contributed by atoms with Gasteiger partial charge in [0.25, 0.3) is 0 Å². The average Bonchev–Trinajstić information content (AvgIpc) is 2.64. The van der Waals surface area contributed by atoms with Crippen molar-refractivity contribution in [3.63, 3.8) is 0 Å². The Labute approximate surface area is 167 Å². The van der Waals surface area contributed by atoms with E-state index >= 15 is 0 Å². The van der Waals surface area contributed by atoms with E-state index in [1.807, 2.05) is 82.3 Å². The Morgan fingerprint density at radius 1 is 1.07 bits per heavy atom. The van der Waals surface area contributed by atoms with Gasteiger partial charge in [-0.2, -0.15) is 0 Å². The maximum Gasteiger partial charge on any atom is 0.243 e. The first-order valence-corrected chi connectivity index (χ1v) is 9.96. The molecule has 1 fully saturated rings. The van der Waals surface area contributed by atoms with Crippen LogP contribution < -0.4 is 10.2 Å². The van der Waals surface area contributed by atoms with Gasteiger partial charge in [0.15, 0.2) is 0 Å². The number of amides is 2. The molecule has 0 saturated carbocycles. The minimum atomic E-state index is -1.09. The summed E-state index contributed by atoms with van der Waals surface area (Å²) in [6.45, 7) is 8.52. The van der Waals surface area contributed by atoms with Crippen LogP contribution in [-0.4, -0.2) is 23.9 Å². The maximum atomic E-state index is 13.7. The van der Waals surface area contributed by atoms with Crippen LogP contribution >= 0.6 is 0 Å². The van der Waals surface area contributed by atoms with Gasteiger partial charge >= 0.3 is 0 Å². The Balaban J connectivity index is 2.00. The molecule has 4 nitrogen and oxygen atoms in total. The fourth-order valence-corrected chi connectivity index (χ4v) is 3.84. The van der Waals surface area contributed by atoms with Crippen molar-refractivity contribution in [1.29, 1.82) is 0 Å². The molecular weight excluding hydrogens is 348 g/mol. The van der Waals surface area contributed by atoms with Gasteiger partial charge in [-0.25, -0.2) is 0 Å². The van der Waals surface area contributed by atoms with E-state index in [0.717, 1.165) is 23.2 Å². The molecule has 1 aliphatic heterocycles. The molecule has 1 N–H and O–H groups in total. The molecule has 1 atom stereocenters. The summed E-state index contributed by atoms with van der Waals surface area (Å²) in [4.78, 5) is 28.9. The molecule has 0 bridgehead atoms. The van der Waals surface area contributed by atoms with Crippen molar-refractivity contribution >= 4 is 17.5 Å². The van der Waals surface area contributed by atoms with Crippen LogP contribution in [0.4, 0.5) is 5.69 Å². The zero-order chi connectivity index (χ0) is 20.4. The number of piperidine rings is 1. The first-order valence-electron chi connectivity index (χ1n) is 9.96. The maximum absolute atomic E-state index is 13.7. The molecule has 28 heavy (non-hydrogen) atoms. The summed E-state index contributed by atoms with van der Waals surface area (Å²) in [5.74, 6) is -0.279. The minimum absolute atomic E-state index is 0.104. The molecule has 0 aromatic heterocycles. The second kappa shape index (κ2) is 7.78. The highest BCUT2D eigenvalue weighted by Gasteiger charge is 2.50. The normalized spacial score (nSPS) is 20.1. The molecule has 0 unspecified atom stereocenters. The monoisotopic (exact) mass is 378 g/mol. The summed E-state index contributed by atoms with van der Waals surface area (Å²) < 4.78 is 0. The van der Waals surface area contributed by atoms with E-state index in [1.165, 1.54) is 0 Å². The highest BCUT2D eigenvalue weighted by molar-refractivity contribution is 6.12. The fourth-order valence-electron chi connectivity index (χ4n) is 3.84. The van der Waals surface area contributed by atoms with Crippen molar-refractivity contribution in [2.24, 2.45) is 5.41 Å². The average molecular weight is 379 g/mol. The SMILES string of the molecule is Cc1ccc(N2CCC[C@@](Cc3ccccc3)(C(=O)NC(C)(C)C)C2=O)cc1. The number of anilines is 1. The molecule has 0 radical (unpaired) electrons. The topological polar surface area (TPSA) is 49.4 Å². The molecule has 0 spiro atoms. The number of carbonyl (C=O) groups excluding carboxylic acids is 2. The summed E-state index contributed by atoms with van der Waals surface area (Å²) in [6.07, 6.45) is 1.77. The van der Waals surface area contributed by atoms with Gasteiger partial charge in [-0.05, 0) is 64.7 Å². The Morgan fingerprint density at radius 3 is 2.32 bits per heavy atom. The lowest BCUT2D eigenvalue weighted by Gasteiger charge is -2.42. The molecule has 0 aliphatic carbocycles. The predicted molar refractivity (Wildman–Crippen MR) is 113 cm³/mol. The van der Waals surface area contributed by atoms with Crippen LogP contribution in [0, 0.1) is 12.3 Å². The van der Waals surface area contributed by atoms with Crippen LogP contribution in [0.3, 0.4) is 0 Å². The third-order valence-electron chi connectivity index (χ3n) is 5.26. The van der Waals surface area contributed by atoms with E-state index in [1.54, 1.807) is 4.90 Å². The van der Waals surface area contributed by atoms with Gasteiger partial charge < -0.3 is 10.2 Å². The number of nitrogens with one attached hydrogen (secondary N) is 1. The zero-order valence-electron chi connectivity index (χ0n) is 17.3. The molecule has 1 aliphatic rings. The van der Waals surface area contributed by atoms with Gasteiger partial charge in [-0.15, -0.1) is 0 Å². The largest absolute Gasteiger partial charge is 0.351 e. The molecule has 148 valence electrons. The lowest BCUT2D eigenvalue weighted by Crippen LogP contribution is -2.60. The number of rotatable bonds is 4. The molecular formula is C24H30N2O2. The molecule has 2 amide bonds. The van der Waals surface area contributed by atoms with E-state index < -0.39 is 11.0 Å². The predicted octanol–water partition coefficient (Wildman–Crippen LogP) is 4.27. The summed E-state index contributed by atoms with van der Waals surface area (Å²) in [7, 11) is 0. The first-order chi connectivity index (χ1) is 13.2. The molecule has 1 heterocycles. The smallest absolute Gasteiger partial charge is 0.243 e. The Bertz CT molecular complexity index is 837. The van der Waals surface area contributed by atoms with Crippen molar-refractivity contribution in [3.05, 3.63) is 65.7 Å². The van der Waals surface area contributed by atoms with Crippen molar-refractivity contribution in [2.45, 2.75) is 52.5 Å². The lowest BCUT2D eigenvalue weighted by atomic mass is 9.73. The van der Waals surface area contributed by atoms with Gasteiger partial charge in [-0.1, -0.05) is 48.0 Å². The van der Waals surface area contributed by atoms with Gasteiger partial charge in [0.05, 0.1) is 0 Å². The number of nitrogens with zero attached hydrogens (tertiary/aromatic N) is 1. The van der Waals surface area contributed by atoms with Gasteiger partial charge in [0.2, 0.25) is 11.8 Å². The third kappa shape index (κ3) is 4.27. The van der Waals surface area contributed by atoms with Crippen molar-refractivity contribution in [2.75, 3.05) is 11.4 Å². The Hall–Kier alpha value is -2.62. The summed E-state index contributed by atoms with van der Waals surface area (Å²) in [5.41, 5.74) is 1.53. The van der Waals surface area contributed by atoms with Crippen LogP contribution in [0.1, 0.15) is 44.7 Å². The standard InChI is InChI=1S/C24H30N2O2/c1-18-11-13-20(14-12-18)26-16-8-15-24(22(26)28,21(27)25-23(2,3)4)17-19-9-6-5-7-10-19/h5-7,9-14H,8,15-17H2,1-4H3,(H,25,27)/t24-/m1/s1. The quantitative estimate of drug-likeness (QED) is 0.808. The molecule has 2 aromatic carbocycles. The number of hydrogen-bond acceptors (Lipinski definition) is 2. The number of benzene rings is 2. The third-order valence-corrected chi connectivity index (χ3v) is 5.26. The zero-order valence-corrected chi connectivity index (χ0v) is 17.3. The molecule has 1 saturated heterocycles. The fraction of sp³-hybridized carbons (Fsp3) is 0.417. The van der Waals surface area contributed by atoms with E-state index in [2.05, 4.69) is 5.32 Å². The van der Waals surface area contributed by atoms with Crippen LogP contribution in [0.15, 0.2) is 54.6 Å². The van der Waals surface area contributed by atoms with Gasteiger partial charge in [0.1, 0.15) is 5.41 Å². The summed E-state index contributed by atoms with van der Waals surface area (Å²) in [6, 6.07) is 17.8. The van der Waals surface area contributed by atoms with Crippen LogP contribution in [0.2, 0.25) is 0 Å². The number of aryl methyl sites for hydroxylation is 1. The van der Waals surface area contributed by atoms with Gasteiger partial charge in [-0.3, -0.25) is 9.59 Å². The Kier molecular flexibility index (Phi) is 5.59. The van der Waals surface area contributed by atoms with Crippen molar-refractivity contribution < 1.29 is 9.59 Å². The van der Waals surface area contributed by atoms with Crippen molar-refractivity contribution in [1.82, 2.24) is 5.32 Å². The number of hydrogen-bond donors (Lipinski definition) is 1. The van der Waals surface area contributed by atoms with Crippen molar-refractivity contribution in [3.8, 4) is 0 Å². The van der Waals surface area contributed by atoms with E-state index in [4.69, 9.17) is 0 Å². The van der Waals surface area contributed by atoms with Crippen LogP contribution in [-0.2, 0) is 16.0 Å². The molecule has 4 heteroatoms. The molecule has 3 rings (SSSR count). The summed E-state index contributed by atoms with van der Waals surface area (Å²) in [5, 5.41) is 3.08.